The largest absolute Gasteiger partial charge is 0.493 e. The molecule has 1 saturated heterocycles. The van der Waals surface area contributed by atoms with Crippen molar-refractivity contribution in [3.05, 3.63) is 64.6 Å². The standard InChI is InChI=1S/C20H18N2O4S/c1-3-26-16-7-5-4-6-14(16)12-17-18(23)22(2)20(27-17)21-15-10-8-13(9-11-15)19(24)25/h4-12H,3H2,1-2H3,(H,24,25)/b17-12-,21-20?. The monoisotopic (exact) mass is 382 g/mol. The number of hydrogen-bond donors (Lipinski definition) is 1. The van der Waals surface area contributed by atoms with Gasteiger partial charge in [-0.1, -0.05) is 18.2 Å². The number of thioether (sulfide) groups is 1. The zero-order chi connectivity index (χ0) is 19.4. The Morgan fingerprint density at radius 3 is 2.59 bits per heavy atom. The van der Waals surface area contributed by atoms with Crippen LogP contribution in [0.25, 0.3) is 6.08 Å². The number of aliphatic imine (C=N–C) groups is 1. The molecule has 27 heavy (non-hydrogen) atoms. The number of nitrogens with zero attached hydrogens (tertiary/aromatic N) is 2. The number of rotatable bonds is 5. The first-order valence-electron chi connectivity index (χ1n) is 8.31. The van der Waals surface area contributed by atoms with Crippen LogP contribution < -0.4 is 4.74 Å². The smallest absolute Gasteiger partial charge is 0.335 e. The number of carbonyl (C=O) groups excluding carboxylic acids is 1. The van der Waals surface area contributed by atoms with Crippen molar-refractivity contribution in [2.24, 2.45) is 4.99 Å². The predicted molar refractivity (Wildman–Crippen MR) is 106 cm³/mol. The Balaban J connectivity index is 1.87. The highest BCUT2D eigenvalue weighted by Crippen LogP contribution is 2.34. The normalized spacial score (nSPS) is 17.0. The Kier molecular flexibility index (Phi) is 5.61. The Hall–Kier alpha value is -3.06. The molecule has 7 heteroatoms. The molecule has 0 unspecified atom stereocenters. The second-order valence-corrected chi connectivity index (χ2v) is 6.70. The summed E-state index contributed by atoms with van der Waals surface area (Å²) >= 11 is 1.27. The van der Waals surface area contributed by atoms with Crippen molar-refractivity contribution >= 4 is 40.6 Å². The fourth-order valence-electron chi connectivity index (χ4n) is 2.47. The third kappa shape index (κ3) is 4.20. The summed E-state index contributed by atoms with van der Waals surface area (Å²) in [4.78, 5) is 30.0. The third-order valence-corrected chi connectivity index (χ3v) is 4.91. The van der Waals surface area contributed by atoms with Crippen LogP contribution in [0.1, 0.15) is 22.8 Å². The number of carboxylic acids is 1. The first-order chi connectivity index (χ1) is 13.0. The number of para-hydroxylation sites is 1. The molecule has 138 valence electrons. The molecule has 0 atom stereocenters. The zero-order valence-corrected chi connectivity index (χ0v) is 15.7. The van der Waals surface area contributed by atoms with Gasteiger partial charge < -0.3 is 9.84 Å². The average molecular weight is 382 g/mol. The van der Waals surface area contributed by atoms with Crippen LogP contribution in [-0.2, 0) is 4.79 Å². The molecule has 0 radical (unpaired) electrons. The number of amides is 1. The van der Waals surface area contributed by atoms with Gasteiger partial charge in [0, 0.05) is 12.6 Å². The lowest BCUT2D eigenvalue weighted by Gasteiger charge is -2.07. The van der Waals surface area contributed by atoms with Crippen molar-refractivity contribution < 1.29 is 19.4 Å². The number of amidine groups is 1. The zero-order valence-electron chi connectivity index (χ0n) is 14.9. The Morgan fingerprint density at radius 2 is 1.93 bits per heavy atom. The number of carbonyl (C=O) groups is 2. The van der Waals surface area contributed by atoms with E-state index in [1.807, 2.05) is 31.2 Å². The SMILES string of the molecule is CCOc1ccccc1/C=C1\SC(=Nc2ccc(C(=O)O)cc2)N(C)C1=O. The van der Waals surface area contributed by atoms with Gasteiger partial charge >= 0.3 is 5.97 Å². The fourth-order valence-corrected chi connectivity index (χ4v) is 3.45. The van der Waals surface area contributed by atoms with Crippen LogP contribution >= 0.6 is 11.8 Å². The van der Waals surface area contributed by atoms with Crippen molar-refractivity contribution in [1.29, 1.82) is 0 Å². The van der Waals surface area contributed by atoms with E-state index in [0.717, 1.165) is 11.3 Å². The maximum Gasteiger partial charge on any atom is 0.335 e. The number of benzene rings is 2. The minimum atomic E-state index is -0.991. The van der Waals surface area contributed by atoms with E-state index < -0.39 is 5.97 Å². The summed E-state index contributed by atoms with van der Waals surface area (Å²) in [7, 11) is 1.66. The van der Waals surface area contributed by atoms with Crippen LogP contribution in [0.3, 0.4) is 0 Å². The molecule has 2 aromatic rings. The molecule has 3 rings (SSSR count). The number of ether oxygens (including phenoxy) is 1. The Bertz CT molecular complexity index is 935. The lowest BCUT2D eigenvalue weighted by Crippen LogP contribution is -2.23. The molecule has 0 spiro atoms. The molecule has 1 heterocycles. The quantitative estimate of drug-likeness (QED) is 0.790. The Morgan fingerprint density at radius 1 is 1.22 bits per heavy atom. The summed E-state index contributed by atoms with van der Waals surface area (Å²) in [5.74, 6) is -0.416. The molecule has 0 aromatic heterocycles. The number of aromatic carboxylic acids is 1. The summed E-state index contributed by atoms with van der Waals surface area (Å²) in [5, 5.41) is 9.49. The van der Waals surface area contributed by atoms with Gasteiger partial charge in [0.05, 0.1) is 22.8 Å². The van der Waals surface area contributed by atoms with Crippen LogP contribution in [0.2, 0.25) is 0 Å². The van der Waals surface area contributed by atoms with Gasteiger partial charge in [-0.05, 0) is 55.1 Å². The second kappa shape index (κ2) is 8.09. The second-order valence-electron chi connectivity index (χ2n) is 5.69. The van der Waals surface area contributed by atoms with Gasteiger partial charge in [0.25, 0.3) is 5.91 Å². The van der Waals surface area contributed by atoms with Gasteiger partial charge in [-0.15, -0.1) is 0 Å². The lowest BCUT2D eigenvalue weighted by molar-refractivity contribution is -0.121. The van der Waals surface area contributed by atoms with E-state index in [1.165, 1.54) is 28.8 Å². The molecule has 1 aliphatic heterocycles. The van der Waals surface area contributed by atoms with Gasteiger partial charge in [-0.3, -0.25) is 9.69 Å². The van der Waals surface area contributed by atoms with E-state index >= 15 is 0 Å². The summed E-state index contributed by atoms with van der Waals surface area (Å²) in [6.07, 6.45) is 1.80. The van der Waals surface area contributed by atoms with Crippen LogP contribution in [-0.4, -0.2) is 40.7 Å². The van der Waals surface area contributed by atoms with Gasteiger partial charge in [-0.2, -0.15) is 0 Å². The fraction of sp³-hybridized carbons (Fsp3) is 0.150. The molecule has 2 aromatic carbocycles. The molecule has 1 N–H and O–H groups in total. The van der Waals surface area contributed by atoms with Crippen LogP contribution in [0.15, 0.2) is 58.4 Å². The highest BCUT2D eigenvalue weighted by Gasteiger charge is 2.30. The van der Waals surface area contributed by atoms with Crippen molar-refractivity contribution in [1.82, 2.24) is 4.90 Å². The van der Waals surface area contributed by atoms with E-state index in [1.54, 1.807) is 25.3 Å². The molecule has 1 amide bonds. The lowest BCUT2D eigenvalue weighted by atomic mass is 10.2. The molecule has 6 nitrogen and oxygen atoms in total. The highest BCUT2D eigenvalue weighted by atomic mass is 32.2. The summed E-state index contributed by atoms with van der Waals surface area (Å²) in [5.41, 5.74) is 1.60. The topological polar surface area (TPSA) is 79.2 Å². The van der Waals surface area contributed by atoms with Crippen molar-refractivity contribution in [2.45, 2.75) is 6.92 Å². The van der Waals surface area contributed by atoms with Crippen molar-refractivity contribution in [3.8, 4) is 5.75 Å². The molecular formula is C20H18N2O4S. The maximum atomic E-state index is 12.6. The van der Waals surface area contributed by atoms with Gasteiger partial charge in [0.15, 0.2) is 5.17 Å². The van der Waals surface area contributed by atoms with Crippen molar-refractivity contribution in [3.63, 3.8) is 0 Å². The summed E-state index contributed by atoms with van der Waals surface area (Å²) < 4.78 is 5.61. The van der Waals surface area contributed by atoms with Crippen LogP contribution in [0, 0.1) is 0 Å². The van der Waals surface area contributed by atoms with E-state index in [-0.39, 0.29) is 11.5 Å². The molecule has 0 aliphatic carbocycles. The molecule has 0 saturated carbocycles. The summed E-state index contributed by atoms with van der Waals surface area (Å²) in [6.45, 7) is 2.45. The van der Waals surface area contributed by atoms with Crippen LogP contribution in [0.4, 0.5) is 5.69 Å². The number of carboxylic acid groups (broad SMARTS) is 1. The van der Waals surface area contributed by atoms with Gasteiger partial charge in [0.2, 0.25) is 0 Å². The van der Waals surface area contributed by atoms with E-state index in [9.17, 15) is 9.59 Å². The van der Waals surface area contributed by atoms with Crippen molar-refractivity contribution in [2.75, 3.05) is 13.7 Å². The van der Waals surface area contributed by atoms with E-state index in [4.69, 9.17) is 9.84 Å². The molecule has 0 bridgehead atoms. The highest BCUT2D eigenvalue weighted by molar-refractivity contribution is 8.18. The third-order valence-electron chi connectivity index (χ3n) is 3.85. The minimum absolute atomic E-state index is 0.146. The van der Waals surface area contributed by atoms with E-state index in [0.29, 0.717) is 22.4 Å². The summed E-state index contributed by atoms with van der Waals surface area (Å²) in [6, 6.07) is 13.7. The first kappa shape index (κ1) is 18.7. The molecule has 1 aliphatic rings. The number of hydrogen-bond acceptors (Lipinski definition) is 5. The maximum absolute atomic E-state index is 12.6. The number of likely N-dealkylation sites (N-methyl/N-ethyl adjacent to an activating group) is 1. The van der Waals surface area contributed by atoms with Gasteiger partial charge in [-0.25, -0.2) is 9.79 Å². The van der Waals surface area contributed by atoms with Gasteiger partial charge in [0.1, 0.15) is 5.75 Å². The minimum Gasteiger partial charge on any atom is -0.493 e. The first-order valence-corrected chi connectivity index (χ1v) is 9.12. The average Bonchev–Trinajstić information content (AvgIpc) is 2.92. The predicted octanol–water partition coefficient (Wildman–Crippen LogP) is 4.02. The molecular weight excluding hydrogens is 364 g/mol. The Labute approximate surface area is 161 Å². The van der Waals surface area contributed by atoms with Crippen LogP contribution in [0.5, 0.6) is 5.75 Å². The molecule has 1 fully saturated rings. The van der Waals surface area contributed by atoms with E-state index in [2.05, 4.69) is 4.99 Å².